The van der Waals surface area contributed by atoms with E-state index in [4.69, 9.17) is 17.3 Å². The molecule has 0 aliphatic rings. The molecule has 3 nitrogen and oxygen atoms in total. The van der Waals surface area contributed by atoms with Crippen molar-refractivity contribution in [3.05, 3.63) is 41.2 Å². The van der Waals surface area contributed by atoms with Crippen LogP contribution >= 0.6 is 11.6 Å². The second-order valence-corrected chi connectivity index (χ2v) is 4.09. The minimum atomic E-state index is 0.610. The van der Waals surface area contributed by atoms with Crippen molar-refractivity contribution in [3.8, 4) is 11.4 Å². The Kier molecular flexibility index (Phi) is 3.27. The summed E-state index contributed by atoms with van der Waals surface area (Å²) in [6, 6.07) is 7.71. The van der Waals surface area contributed by atoms with Gasteiger partial charge in [-0.25, -0.2) is 4.98 Å². The number of nitrogens with zero attached hydrogens (tertiary/aromatic N) is 2. The summed E-state index contributed by atoms with van der Waals surface area (Å²) in [5.74, 6) is 0.883. The van der Waals surface area contributed by atoms with Crippen molar-refractivity contribution in [1.82, 2.24) is 9.55 Å². The van der Waals surface area contributed by atoms with Crippen LogP contribution < -0.4 is 5.73 Å². The van der Waals surface area contributed by atoms with Gasteiger partial charge in [-0.2, -0.15) is 0 Å². The fourth-order valence-electron chi connectivity index (χ4n) is 1.69. The molecule has 4 heteroatoms. The van der Waals surface area contributed by atoms with Crippen LogP contribution in [0.4, 0.5) is 0 Å². The van der Waals surface area contributed by atoms with E-state index in [1.54, 1.807) is 0 Å². The first-order chi connectivity index (χ1) is 7.72. The highest BCUT2D eigenvalue weighted by atomic mass is 35.5. The molecule has 0 fully saturated rings. The van der Waals surface area contributed by atoms with E-state index in [2.05, 4.69) is 4.98 Å². The second-order valence-electron chi connectivity index (χ2n) is 3.69. The van der Waals surface area contributed by atoms with Gasteiger partial charge in [-0.1, -0.05) is 23.7 Å². The van der Waals surface area contributed by atoms with Crippen molar-refractivity contribution in [1.29, 1.82) is 0 Å². The molecule has 0 amide bonds. The SMILES string of the molecule is Cn1cc(CCN)nc1-c1ccccc1Cl. The number of halogens is 1. The van der Waals surface area contributed by atoms with E-state index >= 15 is 0 Å². The van der Waals surface area contributed by atoms with E-state index in [9.17, 15) is 0 Å². The summed E-state index contributed by atoms with van der Waals surface area (Å²) in [5, 5.41) is 0.718. The van der Waals surface area contributed by atoms with Gasteiger partial charge in [0.25, 0.3) is 0 Å². The molecule has 0 unspecified atom stereocenters. The zero-order valence-corrected chi connectivity index (χ0v) is 9.91. The molecule has 1 heterocycles. The minimum absolute atomic E-state index is 0.610. The van der Waals surface area contributed by atoms with Crippen LogP contribution in [0.1, 0.15) is 5.69 Å². The molecule has 1 aromatic carbocycles. The highest BCUT2D eigenvalue weighted by Crippen LogP contribution is 2.26. The fourth-order valence-corrected chi connectivity index (χ4v) is 1.91. The average Bonchev–Trinajstić information content (AvgIpc) is 2.61. The van der Waals surface area contributed by atoms with Crippen LogP contribution in [0.15, 0.2) is 30.5 Å². The summed E-state index contributed by atoms with van der Waals surface area (Å²) in [5.41, 5.74) is 7.47. The first kappa shape index (κ1) is 11.2. The van der Waals surface area contributed by atoms with E-state index in [0.29, 0.717) is 6.54 Å². The first-order valence-electron chi connectivity index (χ1n) is 5.19. The number of hydrogen-bond acceptors (Lipinski definition) is 2. The van der Waals surface area contributed by atoms with Gasteiger partial charge in [0.1, 0.15) is 5.82 Å². The third-order valence-corrected chi connectivity index (χ3v) is 2.77. The Labute approximate surface area is 99.9 Å². The van der Waals surface area contributed by atoms with E-state index in [0.717, 1.165) is 28.5 Å². The maximum absolute atomic E-state index is 6.14. The van der Waals surface area contributed by atoms with Crippen molar-refractivity contribution in [2.24, 2.45) is 12.8 Å². The Morgan fingerprint density at radius 2 is 2.12 bits per heavy atom. The molecule has 1 aromatic heterocycles. The van der Waals surface area contributed by atoms with Crippen molar-refractivity contribution in [2.45, 2.75) is 6.42 Å². The summed E-state index contributed by atoms with van der Waals surface area (Å²) >= 11 is 6.14. The Bertz CT molecular complexity index is 491. The van der Waals surface area contributed by atoms with Crippen LogP contribution in [-0.2, 0) is 13.5 Å². The Morgan fingerprint density at radius 3 is 2.81 bits per heavy atom. The number of aromatic nitrogens is 2. The van der Waals surface area contributed by atoms with E-state index in [-0.39, 0.29) is 0 Å². The van der Waals surface area contributed by atoms with Crippen LogP contribution in [0, 0.1) is 0 Å². The quantitative estimate of drug-likeness (QED) is 0.887. The maximum atomic E-state index is 6.14. The summed E-state index contributed by atoms with van der Waals surface area (Å²) in [6.45, 7) is 0.610. The van der Waals surface area contributed by atoms with Gasteiger partial charge in [0.2, 0.25) is 0 Å². The molecule has 2 rings (SSSR count). The van der Waals surface area contributed by atoms with Crippen molar-refractivity contribution < 1.29 is 0 Å². The standard InChI is InChI=1S/C12H14ClN3/c1-16-8-9(6-7-14)15-12(16)10-4-2-3-5-11(10)13/h2-5,8H,6-7,14H2,1H3. The monoisotopic (exact) mass is 235 g/mol. The van der Waals surface area contributed by atoms with E-state index in [1.807, 2.05) is 42.1 Å². The maximum Gasteiger partial charge on any atom is 0.141 e. The predicted octanol–water partition coefficient (Wildman–Crippen LogP) is 2.24. The molecule has 84 valence electrons. The zero-order valence-electron chi connectivity index (χ0n) is 9.15. The van der Waals surface area contributed by atoms with Crippen LogP contribution in [-0.4, -0.2) is 16.1 Å². The fraction of sp³-hybridized carbons (Fsp3) is 0.250. The Hall–Kier alpha value is -1.32. The summed E-state index contributed by atoms with van der Waals surface area (Å²) in [7, 11) is 1.96. The number of nitrogens with two attached hydrogens (primary N) is 1. The zero-order chi connectivity index (χ0) is 11.5. The lowest BCUT2D eigenvalue weighted by Crippen LogP contribution is -2.02. The lowest BCUT2D eigenvalue weighted by molar-refractivity contribution is 0.912. The number of benzene rings is 1. The third kappa shape index (κ3) is 2.10. The molecule has 0 radical (unpaired) electrons. The number of rotatable bonds is 3. The molecule has 0 saturated carbocycles. The van der Waals surface area contributed by atoms with Crippen molar-refractivity contribution >= 4 is 11.6 Å². The smallest absolute Gasteiger partial charge is 0.141 e. The summed E-state index contributed by atoms with van der Waals surface area (Å²) in [6.07, 6.45) is 2.78. The second kappa shape index (κ2) is 4.68. The lowest BCUT2D eigenvalue weighted by atomic mass is 10.2. The Balaban J connectivity index is 2.44. The molecule has 0 aliphatic carbocycles. The van der Waals surface area contributed by atoms with Gasteiger partial charge in [-0.15, -0.1) is 0 Å². The van der Waals surface area contributed by atoms with Gasteiger partial charge >= 0.3 is 0 Å². The highest BCUT2D eigenvalue weighted by molar-refractivity contribution is 6.33. The van der Waals surface area contributed by atoms with Gasteiger partial charge in [-0.3, -0.25) is 0 Å². The highest BCUT2D eigenvalue weighted by Gasteiger charge is 2.09. The summed E-state index contributed by atoms with van der Waals surface area (Å²) in [4.78, 5) is 4.53. The van der Waals surface area contributed by atoms with E-state index in [1.165, 1.54) is 0 Å². The van der Waals surface area contributed by atoms with Crippen molar-refractivity contribution in [2.75, 3.05) is 6.54 Å². The predicted molar refractivity (Wildman–Crippen MR) is 66.4 cm³/mol. The molecular formula is C12H14ClN3. The summed E-state index contributed by atoms with van der Waals surface area (Å²) < 4.78 is 1.98. The molecule has 16 heavy (non-hydrogen) atoms. The van der Waals surface area contributed by atoms with Gasteiger partial charge in [0, 0.05) is 25.2 Å². The van der Waals surface area contributed by atoms with Gasteiger partial charge in [0.05, 0.1) is 10.7 Å². The number of imidazole rings is 1. The first-order valence-corrected chi connectivity index (χ1v) is 5.57. The van der Waals surface area contributed by atoms with Crippen LogP contribution in [0.25, 0.3) is 11.4 Å². The normalized spacial score (nSPS) is 10.7. The van der Waals surface area contributed by atoms with Crippen LogP contribution in [0.3, 0.4) is 0 Å². The van der Waals surface area contributed by atoms with Gasteiger partial charge in [0.15, 0.2) is 0 Å². The largest absolute Gasteiger partial charge is 0.334 e. The number of aryl methyl sites for hydroxylation is 1. The van der Waals surface area contributed by atoms with Crippen molar-refractivity contribution in [3.63, 3.8) is 0 Å². The van der Waals surface area contributed by atoms with E-state index < -0.39 is 0 Å². The van der Waals surface area contributed by atoms with Crippen LogP contribution in [0.5, 0.6) is 0 Å². The molecule has 0 saturated heterocycles. The topological polar surface area (TPSA) is 43.8 Å². The third-order valence-electron chi connectivity index (χ3n) is 2.44. The molecule has 2 N–H and O–H groups in total. The minimum Gasteiger partial charge on any atom is -0.334 e. The Morgan fingerprint density at radius 1 is 1.38 bits per heavy atom. The molecule has 0 aliphatic heterocycles. The molecule has 0 spiro atoms. The molecule has 0 bridgehead atoms. The van der Waals surface area contributed by atoms with Gasteiger partial charge in [-0.05, 0) is 18.7 Å². The average molecular weight is 236 g/mol. The molecule has 0 atom stereocenters. The molecule has 2 aromatic rings. The number of hydrogen-bond donors (Lipinski definition) is 1. The molecular weight excluding hydrogens is 222 g/mol. The van der Waals surface area contributed by atoms with Crippen LogP contribution in [0.2, 0.25) is 5.02 Å². The van der Waals surface area contributed by atoms with Gasteiger partial charge < -0.3 is 10.3 Å². The lowest BCUT2D eigenvalue weighted by Gasteiger charge is -2.02.